The van der Waals surface area contributed by atoms with Crippen molar-refractivity contribution >= 4 is 11.9 Å². The van der Waals surface area contributed by atoms with Crippen molar-refractivity contribution in [3.8, 4) is 0 Å². The molecule has 2 fully saturated rings. The van der Waals surface area contributed by atoms with Crippen LogP contribution >= 0.6 is 0 Å². The number of carboxylic acids is 1. The summed E-state index contributed by atoms with van der Waals surface area (Å²) in [5.41, 5.74) is 0.0868. The van der Waals surface area contributed by atoms with Gasteiger partial charge in [-0.1, -0.05) is 6.07 Å². The Labute approximate surface area is 120 Å². The third-order valence-corrected chi connectivity index (χ3v) is 4.18. The van der Waals surface area contributed by atoms with E-state index in [2.05, 4.69) is 0 Å². The predicted octanol–water partition coefficient (Wildman–Crippen LogP) is 2.49. The molecule has 1 N–H and O–H groups in total. The fraction of sp³-hybridized carbons (Fsp3) is 0.467. The number of carboxylic acid groups (broad SMARTS) is 1. The predicted molar refractivity (Wildman–Crippen MR) is 69.3 cm³/mol. The van der Waals surface area contributed by atoms with Gasteiger partial charge in [0, 0.05) is 24.1 Å². The van der Waals surface area contributed by atoms with Gasteiger partial charge >= 0.3 is 5.97 Å². The van der Waals surface area contributed by atoms with Crippen LogP contribution in [0.2, 0.25) is 0 Å². The molecule has 0 spiro atoms. The lowest BCUT2D eigenvalue weighted by molar-refractivity contribution is -0.152. The number of benzene rings is 1. The van der Waals surface area contributed by atoms with Crippen LogP contribution in [0.25, 0.3) is 0 Å². The molecule has 1 aliphatic carbocycles. The second kappa shape index (κ2) is 5.09. The number of amides is 1. The zero-order valence-corrected chi connectivity index (χ0v) is 11.3. The van der Waals surface area contributed by atoms with Crippen LogP contribution in [0.15, 0.2) is 18.2 Å². The monoisotopic (exact) mass is 295 g/mol. The van der Waals surface area contributed by atoms with Gasteiger partial charge < -0.3 is 10.0 Å². The highest BCUT2D eigenvalue weighted by atomic mass is 19.1. The van der Waals surface area contributed by atoms with Crippen LogP contribution in [-0.2, 0) is 9.59 Å². The smallest absolute Gasteiger partial charge is 0.308 e. The SMILES string of the molecule is O=C(O)C1CCC(=O)N(C2CC2)C1c1ccc(F)cc1F. The number of hydrogen-bond acceptors (Lipinski definition) is 2. The van der Waals surface area contributed by atoms with Crippen molar-refractivity contribution < 1.29 is 23.5 Å². The highest BCUT2D eigenvalue weighted by molar-refractivity contribution is 5.82. The van der Waals surface area contributed by atoms with E-state index in [4.69, 9.17) is 0 Å². The van der Waals surface area contributed by atoms with E-state index in [0.29, 0.717) is 0 Å². The molecule has 0 bridgehead atoms. The Morgan fingerprint density at radius 3 is 2.52 bits per heavy atom. The highest BCUT2D eigenvalue weighted by Crippen LogP contribution is 2.44. The summed E-state index contributed by atoms with van der Waals surface area (Å²) < 4.78 is 27.2. The van der Waals surface area contributed by atoms with Crippen LogP contribution in [0.5, 0.6) is 0 Å². The van der Waals surface area contributed by atoms with Crippen LogP contribution in [0.3, 0.4) is 0 Å². The molecule has 112 valence electrons. The molecule has 4 nitrogen and oxygen atoms in total. The van der Waals surface area contributed by atoms with E-state index in [-0.39, 0.29) is 30.4 Å². The topological polar surface area (TPSA) is 57.6 Å². The van der Waals surface area contributed by atoms with Gasteiger partial charge in [0.15, 0.2) is 0 Å². The number of carbonyl (C=O) groups is 2. The standard InChI is InChI=1S/C15H15F2NO3/c16-8-1-4-10(12(17)7-8)14-11(15(20)21)5-6-13(19)18(14)9-2-3-9/h1,4,7,9,11,14H,2-3,5-6H2,(H,20,21). The fourth-order valence-corrected chi connectivity index (χ4v) is 3.06. The van der Waals surface area contributed by atoms with Crippen molar-refractivity contribution in [2.45, 2.75) is 37.8 Å². The van der Waals surface area contributed by atoms with Crippen molar-refractivity contribution in [3.05, 3.63) is 35.4 Å². The normalized spacial score (nSPS) is 26.0. The largest absolute Gasteiger partial charge is 0.481 e. The fourth-order valence-electron chi connectivity index (χ4n) is 3.06. The lowest BCUT2D eigenvalue weighted by Crippen LogP contribution is -2.46. The second-order valence-electron chi connectivity index (χ2n) is 5.63. The molecule has 2 unspecified atom stereocenters. The number of rotatable bonds is 3. The van der Waals surface area contributed by atoms with Gasteiger partial charge in [-0.3, -0.25) is 9.59 Å². The second-order valence-corrected chi connectivity index (χ2v) is 5.63. The summed E-state index contributed by atoms with van der Waals surface area (Å²) in [5.74, 6) is -3.58. The molecule has 2 atom stereocenters. The zero-order chi connectivity index (χ0) is 15.1. The number of hydrogen-bond donors (Lipinski definition) is 1. The summed E-state index contributed by atoms with van der Waals surface area (Å²) >= 11 is 0. The number of halogens is 2. The minimum atomic E-state index is -1.05. The third-order valence-electron chi connectivity index (χ3n) is 4.18. The average molecular weight is 295 g/mol. The first-order valence-corrected chi connectivity index (χ1v) is 6.98. The molecule has 1 aromatic rings. The Balaban J connectivity index is 2.06. The van der Waals surface area contributed by atoms with E-state index >= 15 is 0 Å². The molecule has 1 saturated carbocycles. The van der Waals surface area contributed by atoms with E-state index < -0.39 is 29.6 Å². The van der Waals surface area contributed by atoms with E-state index in [0.717, 1.165) is 25.0 Å². The van der Waals surface area contributed by atoms with E-state index in [1.54, 1.807) is 0 Å². The maximum atomic E-state index is 14.1. The molecule has 2 aliphatic rings. The molecule has 1 saturated heterocycles. The van der Waals surface area contributed by atoms with Crippen LogP contribution < -0.4 is 0 Å². The maximum absolute atomic E-state index is 14.1. The lowest BCUT2D eigenvalue weighted by atomic mass is 9.84. The first-order valence-electron chi connectivity index (χ1n) is 6.98. The molecule has 1 aliphatic heterocycles. The number of carbonyl (C=O) groups excluding carboxylic acids is 1. The van der Waals surface area contributed by atoms with Crippen molar-refractivity contribution in [1.29, 1.82) is 0 Å². The van der Waals surface area contributed by atoms with Crippen LogP contribution in [0.1, 0.15) is 37.3 Å². The zero-order valence-electron chi connectivity index (χ0n) is 11.3. The molecular weight excluding hydrogens is 280 g/mol. The molecule has 1 amide bonds. The van der Waals surface area contributed by atoms with Gasteiger partial charge in [-0.25, -0.2) is 8.78 Å². The van der Waals surface area contributed by atoms with Crippen LogP contribution in [0.4, 0.5) is 8.78 Å². The summed E-state index contributed by atoms with van der Waals surface area (Å²) in [4.78, 5) is 25.1. The minimum Gasteiger partial charge on any atom is -0.481 e. The van der Waals surface area contributed by atoms with Crippen molar-refractivity contribution in [3.63, 3.8) is 0 Å². The van der Waals surface area contributed by atoms with Gasteiger partial charge in [-0.15, -0.1) is 0 Å². The van der Waals surface area contributed by atoms with Crippen molar-refractivity contribution in [2.24, 2.45) is 5.92 Å². The molecule has 21 heavy (non-hydrogen) atoms. The Morgan fingerprint density at radius 1 is 1.24 bits per heavy atom. The van der Waals surface area contributed by atoms with Gasteiger partial charge in [0.05, 0.1) is 12.0 Å². The van der Waals surface area contributed by atoms with Crippen LogP contribution in [-0.4, -0.2) is 27.9 Å². The molecule has 6 heteroatoms. The summed E-state index contributed by atoms with van der Waals surface area (Å²) in [6.07, 6.45) is 1.94. The van der Waals surface area contributed by atoms with E-state index in [9.17, 15) is 23.5 Å². The average Bonchev–Trinajstić information content (AvgIpc) is 3.22. The lowest BCUT2D eigenvalue weighted by Gasteiger charge is -2.40. The third kappa shape index (κ3) is 2.50. The maximum Gasteiger partial charge on any atom is 0.308 e. The van der Waals surface area contributed by atoms with Gasteiger partial charge in [0.25, 0.3) is 0 Å². The number of nitrogens with zero attached hydrogens (tertiary/aromatic N) is 1. The van der Waals surface area contributed by atoms with Crippen molar-refractivity contribution in [2.75, 3.05) is 0 Å². The van der Waals surface area contributed by atoms with Crippen LogP contribution in [0, 0.1) is 17.6 Å². The number of aliphatic carboxylic acids is 1. The molecular formula is C15H15F2NO3. The summed E-state index contributed by atoms with van der Waals surface area (Å²) in [7, 11) is 0. The van der Waals surface area contributed by atoms with Gasteiger partial charge in [0.2, 0.25) is 5.91 Å². The van der Waals surface area contributed by atoms with E-state index in [1.165, 1.54) is 11.0 Å². The molecule has 0 aromatic heterocycles. The minimum absolute atomic E-state index is 0.0193. The number of likely N-dealkylation sites (tertiary alicyclic amines) is 1. The Morgan fingerprint density at radius 2 is 1.95 bits per heavy atom. The molecule has 0 radical (unpaired) electrons. The summed E-state index contributed by atoms with van der Waals surface area (Å²) in [5, 5.41) is 9.39. The quantitative estimate of drug-likeness (QED) is 0.932. The molecule has 3 rings (SSSR count). The van der Waals surface area contributed by atoms with Gasteiger partial charge in [-0.2, -0.15) is 0 Å². The first-order chi connectivity index (χ1) is 9.99. The summed E-state index contributed by atoms with van der Waals surface area (Å²) in [6, 6.07) is 2.21. The Bertz CT molecular complexity index is 601. The molecule has 1 heterocycles. The number of piperidine rings is 1. The highest BCUT2D eigenvalue weighted by Gasteiger charge is 2.47. The van der Waals surface area contributed by atoms with Crippen molar-refractivity contribution in [1.82, 2.24) is 4.90 Å². The first kappa shape index (κ1) is 14.0. The van der Waals surface area contributed by atoms with Gasteiger partial charge in [-0.05, 0) is 25.3 Å². The Kier molecular flexibility index (Phi) is 3.39. The Hall–Kier alpha value is -1.98. The van der Waals surface area contributed by atoms with Gasteiger partial charge in [0.1, 0.15) is 11.6 Å². The van der Waals surface area contributed by atoms with E-state index in [1.807, 2.05) is 0 Å². The molecule has 1 aromatic carbocycles. The summed E-state index contributed by atoms with van der Waals surface area (Å²) in [6.45, 7) is 0.